The molecule has 0 radical (unpaired) electrons. The van der Waals surface area contributed by atoms with Crippen molar-refractivity contribution in [3.63, 3.8) is 0 Å². The maximum absolute atomic E-state index is 8.13. The first kappa shape index (κ1) is 14.2. The Balaban J connectivity index is 2.53. The van der Waals surface area contributed by atoms with E-state index < -0.39 is 0 Å². The molecule has 0 aliphatic carbocycles. The summed E-state index contributed by atoms with van der Waals surface area (Å²) >= 11 is 17.0. The lowest BCUT2D eigenvalue weighted by Crippen LogP contribution is -2.38. The summed E-state index contributed by atoms with van der Waals surface area (Å²) in [5.41, 5.74) is 10.5. The van der Waals surface area contributed by atoms with Crippen molar-refractivity contribution in [3.8, 4) is 0 Å². The van der Waals surface area contributed by atoms with Gasteiger partial charge in [-0.2, -0.15) is 4.91 Å². The fourth-order valence-corrected chi connectivity index (χ4v) is 3.56. The minimum Gasteiger partial charge on any atom is -0.287 e. The Hall–Kier alpha value is 0.1000. The van der Waals surface area contributed by atoms with Gasteiger partial charge in [-0.3, -0.25) is 9.62 Å². The number of nitrogens with zero attached hydrogens (tertiary/aromatic N) is 4. The Morgan fingerprint density at radius 1 is 1.75 bits per heavy atom. The van der Waals surface area contributed by atoms with Crippen LogP contribution in [0.3, 0.4) is 0 Å². The molecule has 1 heterocycles. The highest BCUT2D eigenvalue weighted by Gasteiger charge is 2.26. The number of nitrogens with one attached hydrogen (secondary N) is 2. The molecule has 0 bridgehead atoms. The lowest BCUT2D eigenvalue weighted by molar-refractivity contribution is 0.561. The van der Waals surface area contributed by atoms with Crippen molar-refractivity contribution >= 4 is 69.4 Å². The van der Waals surface area contributed by atoms with E-state index in [1.165, 1.54) is 11.9 Å². The van der Waals surface area contributed by atoms with Gasteiger partial charge in [-0.1, -0.05) is 12.2 Å². The molecule has 1 fully saturated rings. The van der Waals surface area contributed by atoms with Crippen molar-refractivity contribution < 1.29 is 0 Å². The maximum Gasteiger partial charge on any atom is 0.249 e. The monoisotopic (exact) mass is 312 g/mol. The third-order valence-electron chi connectivity index (χ3n) is 1.47. The fourth-order valence-electron chi connectivity index (χ4n) is 0.923. The van der Waals surface area contributed by atoms with E-state index in [1.807, 2.05) is 0 Å². The number of thiocarbonyl (C=S) groups is 2. The Morgan fingerprint density at radius 2 is 2.50 bits per heavy atom. The zero-order valence-electron chi connectivity index (χ0n) is 7.86. The van der Waals surface area contributed by atoms with Crippen molar-refractivity contribution in [2.45, 2.75) is 5.50 Å². The van der Waals surface area contributed by atoms with Crippen LogP contribution < -0.4 is 10.7 Å². The molecule has 88 valence electrons. The van der Waals surface area contributed by atoms with Crippen LogP contribution in [0.5, 0.6) is 0 Å². The van der Waals surface area contributed by atoms with Crippen LogP contribution in [-0.2, 0) is 0 Å². The Kier molecular flexibility index (Phi) is 6.58. The second-order valence-electron chi connectivity index (χ2n) is 2.47. The molecule has 0 aromatic rings. The van der Waals surface area contributed by atoms with E-state index >= 15 is 0 Å². The van der Waals surface area contributed by atoms with E-state index in [2.05, 4.69) is 33.5 Å². The van der Waals surface area contributed by atoms with Gasteiger partial charge >= 0.3 is 0 Å². The largest absolute Gasteiger partial charge is 0.287 e. The van der Waals surface area contributed by atoms with Crippen molar-refractivity contribution in [2.24, 2.45) is 5.22 Å². The first-order valence-electron chi connectivity index (χ1n) is 4.04. The highest BCUT2D eigenvalue weighted by Crippen LogP contribution is 2.26. The summed E-state index contributed by atoms with van der Waals surface area (Å²) in [5, 5.41) is 6.40. The molecule has 0 aromatic heterocycles. The van der Waals surface area contributed by atoms with Crippen molar-refractivity contribution in [2.75, 3.05) is 12.3 Å². The summed E-state index contributed by atoms with van der Waals surface area (Å²) in [6, 6.07) is 0. The number of hydrogen-bond donors (Lipinski definition) is 3. The minimum atomic E-state index is 0.0424. The molecule has 2 N–H and O–H groups in total. The minimum absolute atomic E-state index is 0.0424. The maximum atomic E-state index is 8.13. The Labute approximate surface area is 117 Å². The molecule has 1 aliphatic heterocycles. The topological polar surface area (TPSA) is 76.1 Å². The summed E-state index contributed by atoms with van der Waals surface area (Å²) in [4.78, 5) is 2.55. The van der Waals surface area contributed by atoms with E-state index in [4.69, 9.17) is 30.0 Å². The van der Waals surface area contributed by atoms with Crippen molar-refractivity contribution in [1.82, 2.24) is 15.0 Å². The summed E-state index contributed by atoms with van der Waals surface area (Å²) in [5.74, 6) is 1.01. The quantitative estimate of drug-likeness (QED) is 0.137. The SMILES string of the molecule is [N-]=[N+]=NNC(=S)SN(C(=S)S)C1NCCS1. The lowest BCUT2D eigenvalue weighted by atomic mass is 10.7. The number of thioether (sulfide) groups is 1. The van der Waals surface area contributed by atoms with E-state index in [1.54, 1.807) is 16.1 Å². The zero-order chi connectivity index (χ0) is 12.0. The van der Waals surface area contributed by atoms with Crippen LogP contribution in [0.1, 0.15) is 0 Å². The van der Waals surface area contributed by atoms with Crippen molar-refractivity contribution in [1.29, 1.82) is 0 Å². The molecule has 1 saturated heterocycles. The van der Waals surface area contributed by atoms with E-state index in [9.17, 15) is 0 Å². The van der Waals surface area contributed by atoms with Crippen LogP contribution in [0.4, 0.5) is 0 Å². The number of azide groups is 1. The number of hydrogen-bond acceptors (Lipinski definition) is 6. The van der Waals surface area contributed by atoms with Gasteiger partial charge in [0.1, 0.15) is 9.82 Å². The van der Waals surface area contributed by atoms with Gasteiger partial charge in [0, 0.05) is 24.2 Å². The molecule has 0 spiro atoms. The van der Waals surface area contributed by atoms with E-state index in [0.717, 1.165) is 12.3 Å². The third kappa shape index (κ3) is 4.53. The molecule has 16 heavy (non-hydrogen) atoms. The fraction of sp³-hybridized carbons (Fsp3) is 0.600. The predicted molar refractivity (Wildman–Crippen MR) is 80.1 cm³/mol. The van der Waals surface area contributed by atoms with Gasteiger partial charge < -0.3 is 0 Å². The van der Waals surface area contributed by atoms with Crippen LogP contribution in [0.15, 0.2) is 5.22 Å². The first-order valence-corrected chi connectivity index (χ1v) is 7.13. The van der Waals surface area contributed by atoms with Crippen LogP contribution in [0.2, 0.25) is 0 Å². The molecule has 1 unspecified atom stereocenters. The van der Waals surface area contributed by atoms with Crippen LogP contribution in [0, 0.1) is 0 Å². The van der Waals surface area contributed by atoms with Gasteiger partial charge in [-0.05, 0) is 17.4 Å². The molecule has 0 amide bonds. The van der Waals surface area contributed by atoms with Gasteiger partial charge in [0.25, 0.3) is 0 Å². The van der Waals surface area contributed by atoms with Crippen LogP contribution in [-0.4, -0.2) is 30.7 Å². The van der Waals surface area contributed by atoms with Gasteiger partial charge in [-0.15, -0.1) is 29.9 Å². The van der Waals surface area contributed by atoms with Gasteiger partial charge in [0.2, 0.25) is 4.32 Å². The molecular weight excluding hydrogens is 304 g/mol. The van der Waals surface area contributed by atoms with E-state index in [0.29, 0.717) is 8.64 Å². The molecule has 6 nitrogen and oxygen atoms in total. The molecule has 0 aromatic carbocycles. The smallest absolute Gasteiger partial charge is 0.249 e. The average molecular weight is 312 g/mol. The average Bonchev–Trinajstić information content (AvgIpc) is 2.75. The molecular formula is C5H8N6S5. The summed E-state index contributed by atoms with van der Waals surface area (Å²) in [7, 11) is 0. The van der Waals surface area contributed by atoms with Gasteiger partial charge in [-0.25, -0.2) is 5.43 Å². The van der Waals surface area contributed by atoms with Crippen LogP contribution in [0.25, 0.3) is 10.4 Å². The molecule has 1 aliphatic rings. The molecule has 0 saturated carbocycles. The summed E-state index contributed by atoms with van der Waals surface area (Å²) in [6.45, 7) is 0.916. The predicted octanol–water partition coefficient (Wildman–Crippen LogP) is 1.87. The molecule has 1 rings (SSSR count). The normalized spacial score (nSPS) is 18.7. The number of rotatable bonds is 2. The highest BCUT2D eigenvalue weighted by molar-refractivity contribution is 8.24. The molecule has 11 heteroatoms. The highest BCUT2D eigenvalue weighted by atomic mass is 32.2. The first-order chi connectivity index (χ1) is 7.65. The third-order valence-corrected chi connectivity index (χ3v) is 4.56. The standard InChI is InChI=1S/C5H8N6S5/c6-9-10-8-4(12)16-11(5(13)14)3-7-1-2-15-3/h3,7H,1-2H2,(H,8,12)(H,13,14). The second kappa shape index (κ2) is 7.43. The Morgan fingerprint density at radius 3 is 3.00 bits per heavy atom. The zero-order valence-corrected chi connectivity index (χ0v) is 12.0. The van der Waals surface area contributed by atoms with E-state index in [-0.39, 0.29) is 5.50 Å². The summed E-state index contributed by atoms with van der Waals surface area (Å²) in [6.07, 6.45) is 0. The van der Waals surface area contributed by atoms with Crippen LogP contribution >= 0.6 is 60.8 Å². The van der Waals surface area contributed by atoms with Gasteiger partial charge in [0.05, 0.1) is 0 Å². The number of thiol groups is 1. The summed E-state index contributed by atoms with van der Waals surface area (Å²) < 4.78 is 2.49. The van der Waals surface area contributed by atoms with Crippen molar-refractivity contribution in [3.05, 3.63) is 10.4 Å². The Bertz CT molecular complexity index is 321. The van der Waals surface area contributed by atoms with Gasteiger partial charge in [0.15, 0.2) is 0 Å². The molecule has 1 atom stereocenters. The second-order valence-corrected chi connectivity index (χ2v) is 6.42. The lowest BCUT2D eigenvalue weighted by Gasteiger charge is -2.25.